The average molecular weight is 383 g/mol. The highest BCUT2D eigenvalue weighted by Gasteiger charge is 2.35. The van der Waals surface area contributed by atoms with E-state index in [1.165, 1.54) is 0 Å². The third kappa shape index (κ3) is 2.83. The predicted octanol–water partition coefficient (Wildman–Crippen LogP) is 4.98. The highest BCUT2D eigenvalue weighted by atomic mass is 79.9. The first-order valence-corrected chi connectivity index (χ1v) is 8.34. The molecule has 0 unspecified atom stereocenters. The molecule has 22 heavy (non-hydrogen) atoms. The molecule has 0 fully saturated rings. The molecule has 0 saturated heterocycles. The van der Waals surface area contributed by atoms with Gasteiger partial charge in [0.15, 0.2) is 0 Å². The Balaban J connectivity index is 2.20. The van der Waals surface area contributed by atoms with E-state index in [0.29, 0.717) is 21.9 Å². The van der Waals surface area contributed by atoms with Gasteiger partial charge >= 0.3 is 0 Å². The maximum atomic E-state index is 11.2. The number of hydrogen-bond acceptors (Lipinski definition) is 3. The van der Waals surface area contributed by atoms with E-state index in [1.54, 1.807) is 6.07 Å². The first-order chi connectivity index (χ1) is 10.6. The number of nitrogens with zero attached hydrogens (tertiary/aromatic N) is 1. The number of alkyl halides is 1. The Labute approximate surface area is 141 Å². The molecule has 2 aromatic carbocycles. The van der Waals surface area contributed by atoms with E-state index >= 15 is 0 Å². The maximum absolute atomic E-state index is 11.2. The van der Waals surface area contributed by atoms with Crippen LogP contribution >= 0.6 is 27.5 Å². The molecular weight excluding hydrogens is 370 g/mol. The Bertz CT molecular complexity index is 722. The summed E-state index contributed by atoms with van der Waals surface area (Å²) in [6.07, 6.45) is 0. The molecule has 1 heterocycles. The Morgan fingerprint density at radius 2 is 1.86 bits per heavy atom. The van der Waals surface area contributed by atoms with E-state index in [-0.39, 0.29) is 23.3 Å². The topological polar surface area (TPSA) is 52.4 Å². The van der Waals surface area contributed by atoms with Crippen LogP contribution in [0.4, 0.5) is 0 Å². The second-order valence-corrected chi connectivity index (χ2v) is 6.29. The first kappa shape index (κ1) is 15.3. The van der Waals surface area contributed by atoms with Crippen molar-refractivity contribution >= 4 is 27.5 Å². The summed E-state index contributed by atoms with van der Waals surface area (Å²) >= 11 is 9.61. The average Bonchev–Trinajstić information content (AvgIpc) is 2.61. The Hall–Kier alpha value is -1.59. The lowest BCUT2D eigenvalue weighted by molar-refractivity contribution is -0.484. The van der Waals surface area contributed by atoms with Gasteiger partial charge in [-0.1, -0.05) is 45.7 Å². The molecule has 0 radical (unpaired) electrons. The molecule has 4 nitrogen and oxygen atoms in total. The molecule has 0 aliphatic carbocycles. The lowest BCUT2D eigenvalue weighted by Gasteiger charge is -2.21. The summed E-state index contributed by atoms with van der Waals surface area (Å²) in [5.41, 5.74) is 1.75. The Kier molecular flexibility index (Phi) is 4.36. The molecular formula is C16H13BrClNO3. The van der Waals surface area contributed by atoms with E-state index < -0.39 is 0 Å². The van der Waals surface area contributed by atoms with Crippen molar-refractivity contribution in [2.75, 3.05) is 11.9 Å². The van der Waals surface area contributed by atoms with Crippen LogP contribution in [0.5, 0.6) is 11.5 Å². The second-order valence-electron chi connectivity index (χ2n) is 5.20. The van der Waals surface area contributed by atoms with Crippen LogP contribution < -0.4 is 4.74 Å². The summed E-state index contributed by atoms with van der Waals surface area (Å²) in [6.45, 7) is -0.150. The number of nitro groups is 1. The third-order valence-corrected chi connectivity index (χ3v) is 4.84. The minimum Gasteiger partial charge on any atom is -0.457 e. The fourth-order valence-electron chi connectivity index (χ4n) is 2.91. The summed E-state index contributed by atoms with van der Waals surface area (Å²) in [7, 11) is 0. The molecule has 0 spiro atoms. The van der Waals surface area contributed by atoms with Gasteiger partial charge in [0.1, 0.15) is 11.5 Å². The SMILES string of the molecule is O=[N+]([O-])C[C@H]1c2ccccc2Oc2ccc(Cl)cc2[C@@H]1CBr. The van der Waals surface area contributed by atoms with E-state index in [9.17, 15) is 10.1 Å². The normalized spacial score (nSPS) is 19.5. The molecule has 0 aromatic heterocycles. The van der Waals surface area contributed by atoms with Gasteiger partial charge in [-0.25, -0.2) is 0 Å². The Morgan fingerprint density at radius 3 is 2.59 bits per heavy atom. The van der Waals surface area contributed by atoms with Gasteiger partial charge < -0.3 is 4.74 Å². The van der Waals surface area contributed by atoms with Crippen LogP contribution in [-0.2, 0) is 0 Å². The molecule has 0 bridgehead atoms. The molecule has 1 aliphatic heterocycles. The number of fused-ring (bicyclic) bond motifs is 2. The van der Waals surface area contributed by atoms with Crippen molar-refractivity contribution in [1.29, 1.82) is 0 Å². The second kappa shape index (κ2) is 6.26. The van der Waals surface area contributed by atoms with Crippen LogP contribution in [0.1, 0.15) is 23.0 Å². The Morgan fingerprint density at radius 1 is 1.14 bits per heavy atom. The molecule has 3 rings (SSSR count). The summed E-state index contributed by atoms with van der Waals surface area (Å²) in [5, 5.41) is 12.3. The lowest BCUT2D eigenvalue weighted by Crippen LogP contribution is -2.20. The standard InChI is InChI=1S/C16H13BrClNO3/c17-8-13-12-7-10(18)5-6-16(12)22-15-4-2-1-3-11(15)14(13)9-19(20)21/h1-7,13-14H,8-9H2/t13-,14-/m0/s1. The van der Waals surface area contributed by atoms with Crippen LogP contribution in [0.25, 0.3) is 0 Å². The van der Waals surface area contributed by atoms with E-state index in [4.69, 9.17) is 16.3 Å². The van der Waals surface area contributed by atoms with Crippen LogP contribution in [-0.4, -0.2) is 16.8 Å². The van der Waals surface area contributed by atoms with E-state index in [1.807, 2.05) is 36.4 Å². The largest absolute Gasteiger partial charge is 0.457 e. The van der Waals surface area contributed by atoms with Crippen molar-refractivity contribution in [2.45, 2.75) is 11.8 Å². The van der Waals surface area contributed by atoms with Crippen molar-refractivity contribution in [2.24, 2.45) is 0 Å². The first-order valence-electron chi connectivity index (χ1n) is 6.84. The highest BCUT2D eigenvalue weighted by molar-refractivity contribution is 9.09. The molecule has 0 saturated carbocycles. The third-order valence-electron chi connectivity index (χ3n) is 3.91. The van der Waals surface area contributed by atoms with Crippen LogP contribution in [0.3, 0.4) is 0 Å². The highest BCUT2D eigenvalue weighted by Crippen LogP contribution is 2.47. The van der Waals surface area contributed by atoms with Crippen molar-refractivity contribution in [3.05, 3.63) is 68.7 Å². The van der Waals surface area contributed by atoms with Gasteiger partial charge in [0, 0.05) is 32.3 Å². The van der Waals surface area contributed by atoms with Crippen molar-refractivity contribution in [1.82, 2.24) is 0 Å². The molecule has 114 valence electrons. The quantitative estimate of drug-likeness (QED) is 0.427. The van der Waals surface area contributed by atoms with Crippen LogP contribution in [0.2, 0.25) is 5.02 Å². The van der Waals surface area contributed by atoms with E-state index in [2.05, 4.69) is 15.9 Å². The van der Waals surface area contributed by atoms with Crippen LogP contribution in [0, 0.1) is 10.1 Å². The number of ether oxygens (including phenoxy) is 1. The van der Waals surface area contributed by atoms with Gasteiger partial charge in [0.2, 0.25) is 6.54 Å². The number of halogens is 2. The van der Waals surface area contributed by atoms with Gasteiger partial charge in [-0.2, -0.15) is 0 Å². The lowest BCUT2D eigenvalue weighted by atomic mass is 9.82. The molecule has 2 aromatic rings. The molecule has 0 amide bonds. The fourth-order valence-corrected chi connectivity index (χ4v) is 3.89. The minimum absolute atomic E-state index is 0.0808. The summed E-state index contributed by atoms with van der Waals surface area (Å²) in [6, 6.07) is 12.9. The van der Waals surface area contributed by atoms with Gasteiger partial charge in [0.25, 0.3) is 0 Å². The van der Waals surface area contributed by atoms with Crippen molar-refractivity contribution in [3.63, 3.8) is 0 Å². The molecule has 0 N–H and O–H groups in total. The van der Waals surface area contributed by atoms with Gasteiger partial charge in [-0.3, -0.25) is 10.1 Å². The molecule has 6 heteroatoms. The zero-order chi connectivity index (χ0) is 15.7. The number of hydrogen-bond donors (Lipinski definition) is 0. The van der Waals surface area contributed by atoms with E-state index in [0.717, 1.165) is 11.1 Å². The number of rotatable bonds is 3. The smallest absolute Gasteiger partial charge is 0.211 e. The molecule has 2 atom stereocenters. The fraction of sp³-hybridized carbons (Fsp3) is 0.250. The van der Waals surface area contributed by atoms with Crippen molar-refractivity contribution < 1.29 is 9.66 Å². The zero-order valence-corrected chi connectivity index (χ0v) is 13.9. The zero-order valence-electron chi connectivity index (χ0n) is 11.5. The van der Waals surface area contributed by atoms with Gasteiger partial charge in [-0.15, -0.1) is 0 Å². The summed E-state index contributed by atoms with van der Waals surface area (Å²) in [5.74, 6) is 1.02. The van der Waals surface area contributed by atoms with Gasteiger partial charge in [-0.05, 0) is 24.3 Å². The van der Waals surface area contributed by atoms with Gasteiger partial charge in [0.05, 0.1) is 5.92 Å². The number of benzene rings is 2. The summed E-state index contributed by atoms with van der Waals surface area (Å²) < 4.78 is 6.00. The van der Waals surface area contributed by atoms with Crippen molar-refractivity contribution in [3.8, 4) is 11.5 Å². The predicted molar refractivity (Wildman–Crippen MR) is 89.1 cm³/mol. The maximum Gasteiger partial charge on any atom is 0.211 e. The number of para-hydroxylation sites is 1. The monoisotopic (exact) mass is 381 g/mol. The minimum atomic E-state index is -0.273. The summed E-state index contributed by atoms with van der Waals surface area (Å²) in [4.78, 5) is 10.9. The van der Waals surface area contributed by atoms with Crippen LogP contribution in [0.15, 0.2) is 42.5 Å². The molecule has 1 aliphatic rings.